The van der Waals surface area contributed by atoms with Crippen molar-refractivity contribution in [2.75, 3.05) is 51.2 Å². The molecule has 0 saturated carbocycles. The predicted molar refractivity (Wildman–Crippen MR) is 113 cm³/mol. The third kappa shape index (κ3) is 7.89. The second kappa shape index (κ2) is 12.2. The predicted octanol–water partition coefficient (Wildman–Crippen LogP) is 2.47. The SMILES string of the molecule is CCNC(=NCCCN1CCCCCC1=O)NCCN(C)c1ccccc1. The molecule has 1 aromatic rings. The van der Waals surface area contributed by atoms with Gasteiger partial charge < -0.3 is 20.4 Å². The van der Waals surface area contributed by atoms with Crippen LogP contribution in [-0.2, 0) is 4.79 Å². The van der Waals surface area contributed by atoms with Crippen molar-refractivity contribution in [1.29, 1.82) is 0 Å². The van der Waals surface area contributed by atoms with Crippen molar-refractivity contribution in [3.8, 4) is 0 Å². The second-order valence-electron chi connectivity index (χ2n) is 6.99. The van der Waals surface area contributed by atoms with Crippen molar-refractivity contribution >= 4 is 17.6 Å². The average Bonchev–Trinajstić information content (AvgIpc) is 2.90. The van der Waals surface area contributed by atoms with Gasteiger partial charge in [-0.1, -0.05) is 24.6 Å². The van der Waals surface area contributed by atoms with E-state index in [0.29, 0.717) is 12.3 Å². The first-order chi connectivity index (χ1) is 13.2. The van der Waals surface area contributed by atoms with E-state index >= 15 is 0 Å². The zero-order valence-corrected chi connectivity index (χ0v) is 16.9. The zero-order chi connectivity index (χ0) is 19.3. The highest BCUT2D eigenvalue weighted by Crippen LogP contribution is 2.11. The minimum Gasteiger partial charge on any atom is -0.373 e. The van der Waals surface area contributed by atoms with Crippen LogP contribution in [0.3, 0.4) is 0 Å². The summed E-state index contributed by atoms with van der Waals surface area (Å²) in [6, 6.07) is 10.4. The average molecular weight is 374 g/mol. The number of nitrogens with zero attached hydrogens (tertiary/aromatic N) is 3. The minimum atomic E-state index is 0.311. The standard InChI is InChI=1S/C21H35N5O/c1-3-22-21(24-15-18-25(2)19-11-6-4-7-12-19)23-14-10-17-26-16-9-5-8-13-20(26)27/h4,6-7,11-12H,3,5,8-10,13-18H2,1-2H3,(H2,22,23,24). The van der Waals surface area contributed by atoms with E-state index in [0.717, 1.165) is 64.5 Å². The number of nitrogens with one attached hydrogen (secondary N) is 2. The lowest BCUT2D eigenvalue weighted by molar-refractivity contribution is -0.130. The Morgan fingerprint density at radius 2 is 2.00 bits per heavy atom. The number of benzene rings is 1. The molecule has 0 unspecified atom stereocenters. The Morgan fingerprint density at radius 1 is 1.19 bits per heavy atom. The molecule has 1 aliphatic heterocycles. The smallest absolute Gasteiger partial charge is 0.222 e. The van der Waals surface area contributed by atoms with E-state index < -0.39 is 0 Å². The Morgan fingerprint density at radius 3 is 2.78 bits per heavy atom. The summed E-state index contributed by atoms with van der Waals surface area (Å²) in [7, 11) is 2.10. The molecule has 0 radical (unpaired) electrons. The fourth-order valence-corrected chi connectivity index (χ4v) is 3.22. The maximum Gasteiger partial charge on any atom is 0.222 e. The van der Waals surface area contributed by atoms with E-state index in [9.17, 15) is 4.79 Å². The van der Waals surface area contributed by atoms with E-state index in [1.807, 2.05) is 11.0 Å². The molecule has 1 aliphatic rings. The summed E-state index contributed by atoms with van der Waals surface area (Å²) in [6.45, 7) is 7.09. The lowest BCUT2D eigenvalue weighted by Crippen LogP contribution is -2.41. The molecule has 1 heterocycles. The lowest BCUT2D eigenvalue weighted by atomic mass is 10.2. The summed E-state index contributed by atoms with van der Waals surface area (Å²) in [6.07, 6.45) is 4.97. The molecule has 2 rings (SSSR count). The number of anilines is 1. The molecule has 150 valence electrons. The van der Waals surface area contributed by atoms with Gasteiger partial charge in [-0.15, -0.1) is 0 Å². The van der Waals surface area contributed by atoms with Crippen LogP contribution < -0.4 is 15.5 Å². The first-order valence-corrected chi connectivity index (χ1v) is 10.3. The first kappa shape index (κ1) is 21.1. The van der Waals surface area contributed by atoms with Gasteiger partial charge in [-0.25, -0.2) is 0 Å². The Balaban J connectivity index is 1.70. The van der Waals surface area contributed by atoms with Crippen molar-refractivity contribution in [3.63, 3.8) is 0 Å². The van der Waals surface area contributed by atoms with Gasteiger partial charge in [0.25, 0.3) is 0 Å². The van der Waals surface area contributed by atoms with Gasteiger partial charge in [-0.05, 0) is 38.3 Å². The molecule has 6 heteroatoms. The number of hydrogen-bond acceptors (Lipinski definition) is 3. The summed E-state index contributed by atoms with van der Waals surface area (Å²) in [4.78, 5) is 20.9. The molecular weight excluding hydrogens is 338 g/mol. The van der Waals surface area contributed by atoms with Crippen molar-refractivity contribution in [2.24, 2.45) is 4.99 Å². The van der Waals surface area contributed by atoms with E-state index in [1.54, 1.807) is 0 Å². The molecule has 1 aromatic carbocycles. The van der Waals surface area contributed by atoms with Crippen LogP contribution in [0.1, 0.15) is 39.0 Å². The molecule has 1 amide bonds. The normalized spacial score (nSPS) is 15.4. The number of guanidine groups is 1. The fourth-order valence-electron chi connectivity index (χ4n) is 3.22. The lowest BCUT2D eigenvalue weighted by Gasteiger charge is -2.21. The number of hydrogen-bond donors (Lipinski definition) is 2. The van der Waals surface area contributed by atoms with Crippen LogP contribution in [0.2, 0.25) is 0 Å². The molecule has 1 fully saturated rings. The van der Waals surface area contributed by atoms with E-state index in [2.05, 4.69) is 58.8 Å². The minimum absolute atomic E-state index is 0.311. The van der Waals surface area contributed by atoms with Gasteiger partial charge >= 0.3 is 0 Å². The number of aliphatic imine (C=N–C) groups is 1. The van der Waals surface area contributed by atoms with E-state index in [1.165, 1.54) is 12.1 Å². The van der Waals surface area contributed by atoms with Crippen LogP contribution in [0.15, 0.2) is 35.3 Å². The largest absolute Gasteiger partial charge is 0.373 e. The third-order valence-electron chi connectivity index (χ3n) is 4.81. The van der Waals surface area contributed by atoms with Gasteiger partial charge in [-0.2, -0.15) is 0 Å². The van der Waals surface area contributed by atoms with Gasteiger partial charge in [0.05, 0.1) is 0 Å². The van der Waals surface area contributed by atoms with Crippen LogP contribution in [-0.4, -0.2) is 63.1 Å². The van der Waals surface area contributed by atoms with Gasteiger partial charge in [0.15, 0.2) is 5.96 Å². The number of amides is 1. The fraction of sp³-hybridized carbons (Fsp3) is 0.619. The quantitative estimate of drug-likeness (QED) is 0.397. The van der Waals surface area contributed by atoms with Gasteiger partial charge in [0, 0.05) is 58.4 Å². The highest BCUT2D eigenvalue weighted by Gasteiger charge is 2.15. The maximum absolute atomic E-state index is 12.0. The zero-order valence-electron chi connectivity index (χ0n) is 16.9. The molecule has 0 bridgehead atoms. The summed E-state index contributed by atoms with van der Waals surface area (Å²) >= 11 is 0. The molecule has 0 atom stereocenters. The van der Waals surface area contributed by atoms with Crippen molar-refractivity contribution < 1.29 is 4.79 Å². The van der Waals surface area contributed by atoms with Crippen LogP contribution in [0.4, 0.5) is 5.69 Å². The summed E-state index contributed by atoms with van der Waals surface area (Å²) in [5.74, 6) is 1.16. The summed E-state index contributed by atoms with van der Waals surface area (Å²) in [5, 5.41) is 6.69. The van der Waals surface area contributed by atoms with Gasteiger partial charge in [0.1, 0.15) is 0 Å². The highest BCUT2D eigenvalue weighted by molar-refractivity contribution is 5.79. The molecule has 0 spiro atoms. The Hall–Kier alpha value is -2.24. The monoisotopic (exact) mass is 373 g/mol. The van der Waals surface area contributed by atoms with Crippen molar-refractivity contribution in [3.05, 3.63) is 30.3 Å². The first-order valence-electron chi connectivity index (χ1n) is 10.3. The summed E-state index contributed by atoms with van der Waals surface area (Å²) in [5.41, 5.74) is 1.21. The number of para-hydroxylation sites is 1. The number of carbonyl (C=O) groups excluding carboxylic acids is 1. The summed E-state index contributed by atoms with van der Waals surface area (Å²) < 4.78 is 0. The highest BCUT2D eigenvalue weighted by atomic mass is 16.2. The maximum atomic E-state index is 12.0. The topological polar surface area (TPSA) is 60.0 Å². The van der Waals surface area contributed by atoms with E-state index in [4.69, 9.17) is 0 Å². The van der Waals surface area contributed by atoms with Gasteiger partial charge in [0.2, 0.25) is 5.91 Å². The van der Waals surface area contributed by atoms with Gasteiger partial charge in [-0.3, -0.25) is 9.79 Å². The van der Waals surface area contributed by atoms with Crippen molar-refractivity contribution in [1.82, 2.24) is 15.5 Å². The third-order valence-corrected chi connectivity index (χ3v) is 4.81. The number of carbonyl (C=O) groups is 1. The molecule has 27 heavy (non-hydrogen) atoms. The molecule has 0 aliphatic carbocycles. The second-order valence-corrected chi connectivity index (χ2v) is 6.99. The Bertz CT molecular complexity index is 575. The van der Waals surface area contributed by atoms with Crippen molar-refractivity contribution in [2.45, 2.75) is 39.0 Å². The molecule has 2 N–H and O–H groups in total. The number of likely N-dealkylation sites (tertiary alicyclic amines) is 1. The van der Waals surface area contributed by atoms with E-state index in [-0.39, 0.29) is 0 Å². The Kier molecular flexibility index (Phi) is 9.52. The van der Waals surface area contributed by atoms with Crippen LogP contribution in [0.25, 0.3) is 0 Å². The molecule has 0 aromatic heterocycles. The van der Waals surface area contributed by atoms with Crippen LogP contribution >= 0.6 is 0 Å². The number of likely N-dealkylation sites (N-methyl/N-ethyl adjacent to an activating group) is 1. The molecule has 1 saturated heterocycles. The van der Waals surface area contributed by atoms with Crippen LogP contribution in [0.5, 0.6) is 0 Å². The number of rotatable bonds is 9. The molecule has 6 nitrogen and oxygen atoms in total. The molecular formula is C21H35N5O. The van der Waals surface area contributed by atoms with Crippen LogP contribution in [0, 0.1) is 0 Å². The Labute approximate surface area is 164 Å².